The minimum atomic E-state index is -0.127. The Morgan fingerprint density at radius 3 is 2.60 bits per heavy atom. The van der Waals surface area contributed by atoms with Gasteiger partial charge in [-0.2, -0.15) is 11.3 Å². The van der Waals surface area contributed by atoms with E-state index in [1.54, 1.807) is 11.4 Å². The predicted molar refractivity (Wildman–Crippen MR) is 101 cm³/mol. The Labute approximate surface area is 156 Å². The fourth-order valence-corrected chi connectivity index (χ4v) is 3.66. The highest BCUT2D eigenvalue weighted by Gasteiger charge is 2.35. The molecule has 4 nitrogen and oxygen atoms in total. The van der Waals surface area contributed by atoms with Crippen LogP contribution in [0.25, 0.3) is 0 Å². The normalized spacial score (nSPS) is 14.8. The van der Waals surface area contributed by atoms with E-state index in [0.717, 1.165) is 18.4 Å². The molecule has 1 aromatic heterocycles. The fourth-order valence-electron chi connectivity index (χ4n) is 2.90. The number of rotatable bonds is 7. The number of nitrogens with zero attached hydrogens (tertiary/aromatic N) is 1. The molecule has 1 saturated carbocycles. The molecular weight excluding hydrogens is 356 g/mol. The molecule has 1 atom stereocenters. The van der Waals surface area contributed by atoms with Gasteiger partial charge in [-0.3, -0.25) is 9.59 Å². The van der Waals surface area contributed by atoms with Crippen LogP contribution in [0.15, 0.2) is 41.1 Å². The monoisotopic (exact) mass is 376 g/mol. The van der Waals surface area contributed by atoms with Gasteiger partial charge in [-0.15, -0.1) is 0 Å². The predicted octanol–water partition coefficient (Wildman–Crippen LogP) is 4.27. The summed E-state index contributed by atoms with van der Waals surface area (Å²) in [5.41, 5.74) is 1.72. The molecule has 1 N–H and O–H groups in total. The maximum Gasteiger partial charge on any atom is 0.252 e. The van der Waals surface area contributed by atoms with E-state index in [1.165, 1.54) is 11.3 Å². The number of carbonyl (C=O) groups excluding carboxylic acids is 2. The Morgan fingerprint density at radius 1 is 1.28 bits per heavy atom. The minimum absolute atomic E-state index is 0.00448. The summed E-state index contributed by atoms with van der Waals surface area (Å²) in [6.07, 6.45) is 2.40. The lowest BCUT2D eigenvalue weighted by Crippen LogP contribution is -2.37. The number of hydrogen-bond acceptors (Lipinski definition) is 3. The highest BCUT2D eigenvalue weighted by atomic mass is 35.5. The zero-order valence-corrected chi connectivity index (χ0v) is 15.6. The first kappa shape index (κ1) is 18.0. The first-order chi connectivity index (χ1) is 12.1. The van der Waals surface area contributed by atoms with Crippen LogP contribution in [-0.4, -0.2) is 29.3 Å². The Hall–Kier alpha value is -1.85. The van der Waals surface area contributed by atoms with E-state index in [4.69, 9.17) is 11.6 Å². The molecule has 0 spiro atoms. The van der Waals surface area contributed by atoms with Crippen molar-refractivity contribution in [1.29, 1.82) is 0 Å². The first-order valence-electron chi connectivity index (χ1n) is 8.43. The van der Waals surface area contributed by atoms with Crippen LogP contribution >= 0.6 is 22.9 Å². The second kappa shape index (κ2) is 8.02. The van der Waals surface area contributed by atoms with Crippen molar-refractivity contribution >= 4 is 34.8 Å². The van der Waals surface area contributed by atoms with Crippen LogP contribution in [0.3, 0.4) is 0 Å². The fraction of sp³-hybridized carbons (Fsp3) is 0.368. The number of thiophene rings is 1. The molecule has 1 aliphatic carbocycles. The van der Waals surface area contributed by atoms with Crippen LogP contribution in [0.5, 0.6) is 0 Å². The molecule has 3 rings (SSSR count). The Morgan fingerprint density at radius 2 is 2.00 bits per heavy atom. The molecular formula is C19H21ClN2O2S. The zero-order valence-electron chi connectivity index (χ0n) is 14.1. The molecule has 0 bridgehead atoms. The van der Waals surface area contributed by atoms with Crippen LogP contribution in [0.1, 0.15) is 48.1 Å². The summed E-state index contributed by atoms with van der Waals surface area (Å²) in [6.45, 7) is 2.40. The van der Waals surface area contributed by atoms with Gasteiger partial charge in [-0.25, -0.2) is 0 Å². The Kier molecular flexibility index (Phi) is 5.76. The number of benzene rings is 1. The maximum absolute atomic E-state index is 12.7. The van der Waals surface area contributed by atoms with Crippen LogP contribution in [-0.2, 0) is 4.79 Å². The van der Waals surface area contributed by atoms with E-state index in [0.29, 0.717) is 29.6 Å². The molecule has 132 valence electrons. The molecule has 1 heterocycles. The van der Waals surface area contributed by atoms with Crippen LogP contribution in [0.4, 0.5) is 0 Å². The average molecular weight is 377 g/mol. The lowest BCUT2D eigenvalue weighted by molar-refractivity contribution is -0.133. The molecule has 2 aromatic rings. The van der Waals surface area contributed by atoms with Crippen LogP contribution in [0.2, 0.25) is 5.02 Å². The minimum Gasteiger partial charge on any atom is -0.351 e. The molecule has 1 aromatic carbocycles. The summed E-state index contributed by atoms with van der Waals surface area (Å²) in [5, 5.41) is 7.18. The molecule has 1 unspecified atom stereocenters. The van der Waals surface area contributed by atoms with Gasteiger partial charge in [-0.05, 0) is 48.9 Å². The lowest BCUT2D eigenvalue weighted by atomic mass is 10.1. The number of hydrogen-bond donors (Lipinski definition) is 1. The largest absolute Gasteiger partial charge is 0.351 e. The van der Waals surface area contributed by atoms with Gasteiger partial charge in [0.05, 0.1) is 6.04 Å². The topological polar surface area (TPSA) is 49.4 Å². The molecule has 1 aliphatic rings. The highest BCUT2D eigenvalue weighted by Crippen LogP contribution is 2.35. The molecule has 6 heteroatoms. The standard InChI is InChI=1S/C19H21ClN2O2S/c1-13(14-2-4-16(20)5-3-14)22(17-6-7-17)18(23)8-10-21-19(24)15-9-11-25-12-15/h2-5,9,11-13,17H,6-8,10H2,1H3,(H,21,24). The molecule has 0 aliphatic heterocycles. The molecule has 25 heavy (non-hydrogen) atoms. The average Bonchev–Trinajstić information content (AvgIpc) is 3.26. The quantitative estimate of drug-likeness (QED) is 0.784. The van der Waals surface area contributed by atoms with Crippen molar-refractivity contribution < 1.29 is 9.59 Å². The van der Waals surface area contributed by atoms with E-state index in [1.807, 2.05) is 41.5 Å². The number of halogens is 1. The summed E-state index contributed by atoms with van der Waals surface area (Å²) in [4.78, 5) is 26.6. The third kappa shape index (κ3) is 4.61. The second-order valence-corrected chi connectivity index (χ2v) is 7.49. The number of amides is 2. The van der Waals surface area contributed by atoms with Gasteiger partial charge in [0, 0.05) is 35.0 Å². The van der Waals surface area contributed by atoms with E-state index < -0.39 is 0 Å². The third-order valence-electron chi connectivity index (χ3n) is 4.41. The van der Waals surface area contributed by atoms with Crippen LogP contribution < -0.4 is 5.32 Å². The van der Waals surface area contributed by atoms with Crippen molar-refractivity contribution in [1.82, 2.24) is 10.2 Å². The van der Waals surface area contributed by atoms with Gasteiger partial charge < -0.3 is 10.2 Å². The van der Waals surface area contributed by atoms with E-state index >= 15 is 0 Å². The summed E-state index contributed by atoms with van der Waals surface area (Å²) in [7, 11) is 0. The summed E-state index contributed by atoms with van der Waals surface area (Å²) in [6, 6.07) is 9.73. The van der Waals surface area contributed by atoms with E-state index in [2.05, 4.69) is 5.32 Å². The molecule has 0 radical (unpaired) electrons. The van der Waals surface area contributed by atoms with Gasteiger partial charge in [-0.1, -0.05) is 23.7 Å². The molecule has 2 amide bonds. The van der Waals surface area contributed by atoms with Crippen LogP contribution in [0, 0.1) is 0 Å². The second-order valence-electron chi connectivity index (χ2n) is 6.28. The molecule has 0 saturated heterocycles. The van der Waals surface area contributed by atoms with Gasteiger partial charge in [0.2, 0.25) is 5.91 Å². The van der Waals surface area contributed by atoms with Crippen molar-refractivity contribution in [3.05, 3.63) is 57.2 Å². The summed E-state index contributed by atoms with van der Waals surface area (Å²) < 4.78 is 0. The number of carbonyl (C=O) groups is 2. The zero-order chi connectivity index (χ0) is 17.8. The first-order valence-corrected chi connectivity index (χ1v) is 9.75. The van der Waals surface area contributed by atoms with Crippen molar-refractivity contribution in [2.24, 2.45) is 0 Å². The number of nitrogens with one attached hydrogen (secondary N) is 1. The van der Waals surface area contributed by atoms with Crippen molar-refractivity contribution in [3.8, 4) is 0 Å². The van der Waals surface area contributed by atoms with Gasteiger partial charge in [0.25, 0.3) is 5.91 Å². The highest BCUT2D eigenvalue weighted by molar-refractivity contribution is 7.08. The smallest absolute Gasteiger partial charge is 0.252 e. The van der Waals surface area contributed by atoms with Gasteiger partial charge >= 0.3 is 0 Å². The van der Waals surface area contributed by atoms with Gasteiger partial charge in [0.1, 0.15) is 0 Å². The Bertz CT molecular complexity index is 726. The Balaban J connectivity index is 1.57. The summed E-state index contributed by atoms with van der Waals surface area (Å²) in [5.74, 6) is -0.0478. The maximum atomic E-state index is 12.7. The van der Waals surface area contributed by atoms with Gasteiger partial charge in [0.15, 0.2) is 0 Å². The molecule has 1 fully saturated rings. The van der Waals surface area contributed by atoms with E-state index in [-0.39, 0.29) is 17.9 Å². The van der Waals surface area contributed by atoms with Crippen molar-refractivity contribution in [2.75, 3.05) is 6.54 Å². The third-order valence-corrected chi connectivity index (χ3v) is 5.34. The SMILES string of the molecule is CC(c1ccc(Cl)cc1)N(C(=O)CCNC(=O)c1ccsc1)C1CC1. The summed E-state index contributed by atoms with van der Waals surface area (Å²) >= 11 is 7.44. The van der Waals surface area contributed by atoms with E-state index in [9.17, 15) is 9.59 Å². The van der Waals surface area contributed by atoms with Crippen molar-refractivity contribution in [3.63, 3.8) is 0 Å². The lowest BCUT2D eigenvalue weighted by Gasteiger charge is -2.30. The van der Waals surface area contributed by atoms with Crippen molar-refractivity contribution in [2.45, 2.75) is 38.3 Å².